The fraction of sp³-hybridized carbons (Fsp3) is 0.100. The summed E-state index contributed by atoms with van der Waals surface area (Å²) in [5.41, 5.74) is 0.436. The van der Waals surface area contributed by atoms with Crippen molar-refractivity contribution in [3.63, 3.8) is 0 Å². The fourth-order valence-corrected chi connectivity index (χ4v) is 1.05. The molecule has 13 heavy (non-hydrogen) atoms. The average molecular weight is 199 g/mol. The molecule has 0 spiro atoms. The number of carbonyl (C=O) groups excluding carboxylic acids is 1. The summed E-state index contributed by atoms with van der Waals surface area (Å²) in [4.78, 5) is 9.97. The molecule has 0 saturated carbocycles. The molecule has 0 aromatic heterocycles. The second-order valence-electron chi connectivity index (χ2n) is 2.47. The van der Waals surface area contributed by atoms with E-state index in [9.17, 15) is 9.18 Å². The molecule has 1 aromatic carbocycles. The number of hydrogen-bond acceptors (Lipinski definition) is 1. The lowest BCUT2D eigenvalue weighted by Crippen LogP contribution is -1.80. The highest BCUT2D eigenvalue weighted by Crippen LogP contribution is 2.15. The molecule has 1 rings (SSSR count). The highest BCUT2D eigenvalue weighted by atomic mass is 35.5. The van der Waals surface area contributed by atoms with Crippen molar-refractivity contribution in [2.45, 2.75) is 6.42 Å². The molecule has 0 N–H and O–H groups in total. The van der Waals surface area contributed by atoms with E-state index in [1.54, 1.807) is 24.3 Å². The van der Waals surface area contributed by atoms with Gasteiger partial charge in [-0.05, 0) is 12.1 Å². The van der Waals surface area contributed by atoms with Crippen molar-refractivity contribution in [3.8, 4) is 0 Å². The number of benzene rings is 1. The third-order valence-corrected chi connectivity index (χ3v) is 1.73. The highest BCUT2D eigenvalue weighted by Gasteiger charge is 1.97. The van der Waals surface area contributed by atoms with Gasteiger partial charge in [-0.15, -0.1) is 0 Å². The molecule has 1 nitrogen and oxygen atoms in total. The Bertz CT molecular complexity index is 334. The first-order valence-corrected chi connectivity index (χ1v) is 4.17. The van der Waals surface area contributed by atoms with Crippen LogP contribution in [-0.2, 0) is 4.79 Å². The molecule has 0 fully saturated rings. The zero-order valence-corrected chi connectivity index (χ0v) is 7.59. The molecule has 3 heteroatoms. The molecule has 0 radical (unpaired) electrons. The maximum Gasteiger partial charge on any atom is 0.131 e. The number of halogens is 2. The third kappa shape index (κ3) is 2.99. The lowest BCUT2D eigenvalue weighted by Gasteiger charge is -1.96. The smallest absolute Gasteiger partial charge is 0.131 e. The molecule has 0 aliphatic heterocycles. The minimum absolute atomic E-state index is 0.294. The van der Waals surface area contributed by atoms with Crippen LogP contribution in [0.2, 0.25) is 5.02 Å². The summed E-state index contributed by atoms with van der Waals surface area (Å²) in [5.74, 6) is -0.380. The van der Waals surface area contributed by atoms with Gasteiger partial charge in [-0.25, -0.2) is 4.39 Å². The van der Waals surface area contributed by atoms with Crippen LogP contribution in [-0.4, -0.2) is 6.29 Å². The normalized spacial score (nSPS) is 10.6. The minimum Gasteiger partial charge on any atom is -0.303 e. The molecule has 0 aliphatic carbocycles. The van der Waals surface area contributed by atoms with Gasteiger partial charge in [0.2, 0.25) is 0 Å². The van der Waals surface area contributed by atoms with Crippen LogP contribution in [0.3, 0.4) is 0 Å². The molecule has 68 valence electrons. The second kappa shape index (κ2) is 4.77. The van der Waals surface area contributed by atoms with Gasteiger partial charge in [0.05, 0.1) is 0 Å². The maximum absolute atomic E-state index is 13.1. The van der Waals surface area contributed by atoms with Crippen molar-refractivity contribution >= 4 is 24.0 Å². The first-order valence-electron chi connectivity index (χ1n) is 3.79. The van der Waals surface area contributed by atoms with E-state index in [1.165, 1.54) is 6.07 Å². The van der Waals surface area contributed by atoms with E-state index in [0.29, 0.717) is 17.0 Å². The van der Waals surface area contributed by atoms with Gasteiger partial charge in [-0.2, -0.15) is 0 Å². The van der Waals surface area contributed by atoms with Crippen LogP contribution in [0.4, 0.5) is 4.39 Å². The van der Waals surface area contributed by atoms with Gasteiger partial charge in [0.25, 0.3) is 0 Å². The number of aldehydes is 1. The molecule has 0 unspecified atom stereocenters. The number of carbonyl (C=O) groups is 1. The second-order valence-corrected chi connectivity index (χ2v) is 2.91. The van der Waals surface area contributed by atoms with Crippen LogP contribution < -0.4 is 0 Å². The van der Waals surface area contributed by atoms with Crippen molar-refractivity contribution in [2.24, 2.45) is 0 Å². The zero-order chi connectivity index (χ0) is 9.68. The van der Waals surface area contributed by atoms with Crippen molar-refractivity contribution in [2.75, 3.05) is 0 Å². The van der Waals surface area contributed by atoms with Crippen molar-refractivity contribution < 1.29 is 9.18 Å². The van der Waals surface area contributed by atoms with E-state index < -0.39 is 0 Å². The molecule has 0 saturated heterocycles. The molecular formula is C10H8ClFO. The molecule has 0 aliphatic rings. The summed E-state index contributed by atoms with van der Waals surface area (Å²) in [7, 11) is 0. The Morgan fingerprint density at radius 1 is 1.46 bits per heavy atom. The van der Waals surface area contributed by atoms with Gasteiger partial charge < -0.3 is 4.79 Å². The lowest BCUT2D eigenvalue weighted by atomic mass is 10.2. The SMILES string of the molecule is O=CCC=Cc1ccc(Cl)cc1F. The fourth-order valence-electron chi connectivity index (χ4n) is 0.887. The van der Waals surface area contributed by atoms with E-state index in [-0.39, 0.29) is 5.82 Å². The standard InChI is InChI=1S/C10H8ClFO/c11-9-5-4-8(10(12)7-9)3-1-2-6-13/h1,3-7H,2H2. The molecule has 0 atom stereocenters. The van der Waals surface area contributed by atoms with Gasteiger partial charge in [-0.3, -0.25) is 0 Å². The van der Waals surface area contributed by atoms with Gasteiger partial charge in [-0.1, -0.05) is 29.8 Å². The van der Waals surface area contributed by atoms with Crippen LogP contribution in [0.25, 0.3) is 6.08 Å². The quantitative estimate of drug-likeness (QED) is 0.683. The first kappa shape index (κ1) is 9.93. The van der Waals surface area contributed by atoms with Gasteiger partial charge in [0, 0.05) is 17.0 Å². The Balaban J connectivity index is 2.83. The van der Waals surface area contributed by atoms with Crippen molar-refractivity contribution in [3.05, 3.63) is 40.7 Å². The monoisotopic (exact) mass is 198 g/mol. The Morgan fingerprint density at radius 2 is 2.23 bits per heavy atom. The van der Waals surface area contributed by atoms with Crippen LogP contribution in [0.5, 0.6) is 0 Å². The summed E-state index contributed by atoms with van der Waals surface area (Å²) in [5, 5.41) is 0.366. The van der Waals surface area contributed by atoms with Gasteiger partial charge in [0.15, 0.2) is 0 Å². The van der Waals surface area contributed by atoms with Crippen molar-refractivity contribution in [1.82, 2.24) is 0 Å². The van der Waals surface area contributed by atoms with Crippen LogP contribution in [0.1, 0.15) is 12.0 Å². The summed E-state index contributed by atoms with van der Waals surface area (Å²) in [6.45, 7) is 0. The van der Waals surface area contributed by atoms with Crippen LogP contribution in [0.15, 0.2) is 24.3 Å². The van der Waals surface area contributed by atoms with Gasteiger partial charge >= 0.3 is 0 Å². The summed E-state index contributed by atoms with van der Waals surface area (Å²) < 4.78 is 13.1. The van der Waals surface area contributed by atoms with E-state index in [2.05, 4.69) is 0 Å². The maximum atomic E-state index is 13.1. The lowest BCUT2D eigenvalue weighted by molar-refractivity contribution is -0.107. The van der Waals surface area contributed by atoms with E-state index in [1.807, 2.05) is 0 Å². The predicted octanol–water partition coefficient (Wildman–Crippen LogP) is 3.08. The summed E-state index contributed by atoms with van der Waals surface area (Å²) in [6, 6.07) is 4.41. The Kier molecular flexibility index (Phi) is 3.65. The van der Waals surface area contributed by atoms with Crippen LogP contribution >= 0.6 is 11.6 Å². The number of hydrogen-bond donors (Lipinski definition) is 0. The largest absolute Gasteiger partial charge is 0.303 e. The summed E-state index contributed by atoms with van der Waals surface area (Å²) >= 11 is 5.56. The van der Waals surface area contributed by atoms with E-state index >= 15 is 0 Å². The number of rotatable bonds is 3. The zero-order valence-electron chi connectivity index (χ0n) is 6.84. The van der Waals surface area contributed by atoms with Crippen molar-refractivity contribution in [1.29, 1.82) is 0 Å². The average Bonchev–Trinajstić information content (AvgIpc) is 2.09. The highest BCUT2D eigenvalue weighted by molar-refractivity contribution is 6.30. The Morgan fingerprint density at radius 3 is 2.85 bits per heavy atom. The third-order valence-electron chi connectivity index (χ3n) is 1.49. The topological polar surface area (TPSA) is 17.1 Å². The van der Waals surface area contributed by atoms with Gasteiger partial charge in [0.1, 0.15) is 12.1 Å². The van der Waals surface area contributed by atoms with Crippen LogP contribution in [0, 0.1) is 5.82 Å². The number of allylic oxidation sites excluding steroid dienone is 1. The Labute approximate surface area is 80.8 Å². The molecule has 0 amide bonds. The van der Waals surface area contributed by atoms with E-state index in [4.69, 9.17) is 11.6 Å². The predicted molar refractivity (Wildman–Crippen MR) is 51.1 cm³/mol. The van der Waals surface area contributed by atoms with E-state index in [0.717, 1.165) is 6.29 Å². The minimum atomic E-state index is -0.380. The molecular weight excluding hydrogens is 191 g/mol. The molecule has 0 bridgehead atoms. The molecule has 1 aromatic rings. The first-order chi connectivity index (χ1) is 6.24. The summed E-state index contributed by atoms with van der Waals surface area (Å²) in [6.07, 6.45) is 4.20. The Hall–Kier alpha value is -1.15. The molecule has 0 heterocycles.